The van der Waals surface area contributed by atoms with Gasteiger partial charge in [0.25, 0.3) is 0 Å². The van der Waals surface area contributed by atoms with E-state index in [1.807, 2.05) is 0 Å². The Morgan fingerprint density at radius 1 is 1.33 bits per heavy atom. The van der Waals surface area contributed by atoms with Crippen molar-refractivity contribution in [1.29, 1.82) is 0 Å². The number of piperidine rings is 1. The second kappa shape index (κ2) is 5.29. The van der Waals surface area contributed by atoms with Crippen LogP contribution < -0.4 is 5.32 Å². The van der Waals surface area contributed by atoms with Crippen molar-refractivity contribution < 1.29 is 4.74 Å². The van der Waals surface area contributed by atoms with E-state index in [-0.39, 0.29) is 0 Å². The highest BCUT2D eigenvalue weighted by Gasteiger charge is 2.15. The number of rotatable bonds is 3. The molecule has 2 nitrogen and oxygen atoms in total. The second-order valence-electron chi connectivity index (χ2n) is 4.12. The Kier molecular flexibility index (Phi) is 3.75. The normalized spacial score (nSPS) is 17.9. The Balaban J connectivity index is 2.09. The summed E-state index contributed by atoms with van der Waals surface area (Å²) in [5.41, 5.74) is 2.73. The number of benzene rings is 1. The molecule has 0 unspecified atom stereocenters. The molecule has 0 atom stereocenters. The summed E-state index contributed by atoms with van der Waals surface area (Å²) in [6.45, 7) is 2.77. The second-order valence-corrected chi connectivity index (χ2v) is 4.12. The standard InChI is InChI=1S/C13H18NO/c1-15-10-11-3-2-4-13(9-11)12-5-7-14-8-6-12/h2-4,9,12H,5-8,10H2,1H3. The molecule has 0 aliphatic carbocycles. The average Bonchev–Trinajstić information content (AvgIpc) is 2.31. The van der Waals surface area contributed by atoms with Gasteiger partial charge in [-0.15, -0.1) is 0 Å². The van der Waals surface area contributed by atoms with Crippen molar-refractivity contribution in [2.45, 2.75) is 25.4 Å². The van der Waals surface area contributed by atoms with E-state index in [9.17, 15) is 0 Å². The van der Waals surface area contributed by atoms with Crippen LogP contribution in [0.1, 0.15) is 29.9 Å². The van der Waals surface area contributed by atoms with Gasteiger partial charge in [0.15, 0.2) is 0 Å². The minimum Gasteiger partial charge on any atom is -0.380 e. The molecule has 81 valence electrons. The zero-order valence-electron chi connectivity index (χ0n) is 9.28. The fourth-order valence-electron chi connectivity index (χ4n) is 2.19. The van der Waals surface area contributed by atoms with E-state index in [4.69, 9.17) is 4.74 Å². The molecule has 2 rings (SSSR count). The number of methoxy groups -OCH3 is 1. The Bertz CT molecular complexity index is 305. The molecule has 1 saturated heterocycles. The Morgan fingerprint density at radius 2 is 2.13 bits per heavy atom. The molecule has 0 N–H and O–H groups in total. The predicted molar refractivity (Wildman–Crippen MR) is 61.0 cm³/mol. The van der Waals surface area contributed by atoms with Crippen molar-refractivity contribution in [1.82, 2.24) is 5.32 Å². The highest BCUT2D eigenvalue weighted by atomic mass is 16.5. The van der Waals surface area contributed by atoms with Crippen LogP contribution in [-0.4, -0.2) is 20.2 Å². The topological polar surface area (TPSA) is 23.3 Å². The lowest BCUT2D eigenvalue weighted by atomic mass is 9.89. The van der Waals surface area contributed by atoms with Gasteiger partial charge in [0.05, 0.1) is 6.61 Å². The van der Waals surface area contributed by atoms with Gasteiger partial charge in [-0.2, -0.15) is 0 Å². The Hall–Kier alpha value is -0.860. The highest BCUT2D eigenvalue weighted by molar-refractivity contribution is 5.26. The first-order chi connectivity index (χ1) is 7.40. The number of nitrogens with zero attached hydrogens (tertiary/aromatic N) is 1. The van der Waals surface area contributed by atoms with E-state index in [1.165, 1.54) is 24.0 Å². The first kappa shape index (κ1) is 10.7. The molecule has 0 saturated carbocycles. The number of hydrogen-bond donors (Lipinski definition) is 0. The van der Waals surface area contributed by atoms with Gasteiger partial charge in [-0.25, -0.2) is 5.32 Å². The van der Waals surface area contributed by atoms with Gasteiger partial charge in [-0.05, 0) is 29.9 Å². The van der Waals surface area contributed by atoms with E-state index < -0.39 is 0 Å². The molecule has 1 aromatic rings. The third-order valence-corrected chi connectivity index (χ3v) is 3.00. The van der Waals surface area contributed by atoms with E-state index in [1.54, 1.807) is 7.11 Å². The molecular weight excluding hydrogens is 186 g/mol. The third kappa shape index (κ3) is 2.80. The fourth-order valence-corrected chi connectivity index (χ4v) is 2.19. The number of hydrogen-bond acceptors (Lipinski definition) is 1. The van der Waals surface area contributed by atoms with Gasteiger partial charge in [0.2, 0.25) is 0 Å². The maximum atomic E-state index is 5.15. The SMILES string of the molecule is COCc1cccc(C2CC[N]CC2)c1. The number of ether oxygens (including phenoxy) is 1. The fraction of sp³-hybridized carbons (Fsp3) is 0.538. The lowest BCUT2D eigenvalue weighted by Gasteiger charge is -2.22. The van der Waals surface area contributed by atoms with Crippen molar-refractivity contribution in [3.8, 4) is 0 Å². The minimum absolute atomic E-state index is 0.708. The zero-order chi connectivity index (χ0) is 10.5. The summed E-state index contributed by atoms with van der Waals surface area (Å²) >= 11 is 0. The van der Waals surface area contributed by atoms with E-state index in [2.05, 4.69) is 29.6 Å². The van der Waals surface area contributed by atoms with Crippen LogP contribution in [0, 0.1) is 0 Å². The van der Waals surface area contributed by atoms with Crippen LogP contribution in [0.4, 0.5) is 0 Å². The van der Waals surface area contributed by atoms with Gasteiger partial charge in [0, 0.05) is 20.2 Å². The quantitative estimate of drug-likeness (QED) is 0.741. The lowest BCUT2D eigenvalue weighted by molar-refractivity contribution is 0.185. The molecule has 0 aromatic heterocycles. The molecule has 1 heterocycles. The van der Waals surface area contributed by atoms with E-state index >= 15 is 0 Å². The first-order valence-electron chi connectivity index (χ1n) is 5.61. The van der Waals surface area contributed by atoms with Crippen LogP contribution in [0.2, 0.25) is 0 Å². The highest BCUT2D eigenvalue weighted by Crippen LogP contribution is 2.26. The molecule has 1 aliphatic heterocycles. The van der Waals surface area contributed by atoms with Gasteiger partial charge in [-0.1, -0.05) is 24.3 Å². The summed E-state index contributed by atoms with van der Waals surface area (Å²) in [5.74, 6) is 0.708. The molecule has 0 spiro atoms. The van der Waals surface area contributed by atoms with Gasteiger partial charge >= 0.3 is 0 Å². The van der Waals surface area contributed by atoms with Crippen molar-refractivity contribution in [3.63, 3.8) is 0 Å². The largest absolute Gasteiger partial charge is 0.380 e. The molecule has 1 fully saturated rings. The summed E-state index contributed by atoms with van der Waals surface area (Å²) < 4.78 is 5.15. The summed E-state index contributed by atoms with van der Waals surface area (Å²) in [6, 6.07) is 8.77. The average molecular weight is 204 g/mol. The molecule has 0 bridgehead atoms. The smallest absolute Gasteiger partial charge is 0.0713 e. The summed E-state index contributed by atoms with van der Waals surface area (Å²) in [5, 5.41) is 4.39. The van der Waals surface area contributed by atoms with Crippen molar-refractivity contribution in [2.75, 3.05) is 20.2 Å². The van der Waals surface area contributed by atoms with E-state index in [0.29, 0.717) is 12.5 Å². The van der Waals surface area contributed by atoms with Crippen molar-refractivity contribution >= 4 is 0 Å². The zero-order valence-corrected chi connectivity index (χ0v) is 9.28. The third-order valence-electron chi connectivity index (χ3n) is 3.00. The van der Waals surface area contributed by atoms with Crippen LogP contribution >= 0.6 is 0 Å². The van der Waals surface area contributed by atoms with Crippen molar-refractivity contribution in [2.24, 2.45) is 0 Å². The summed E-state index contributed by atoms with van der Waals surface area (Å²) in [4.78, 5) is 0. The molecule has 1 aromatic carbocycles. The monoisotopic (exact) mass is 204 g/mol. The van der Waals surface area contributed by atoms with Crippen LogP contribution in [0.3, 0.4) is 0 Å². The molecule has 15 heavy (non-hydrogen) atoms. The van der Waals surface area contributed by atoms with Gasteiger partial charge in [0.1, 0.15) is 0 Å². The molecule has 1 aliphatic rings. The first-order valence-corrected chi connectivity index (χ1v) is 5.61. The van der Waals surface area contributed by atoms with Crippen LogP contribution in [0.5, 0.6) is 0 Å². The van der Waals surface area contributed by atoms with Crippen LogP contribution in [-0.2, 0) is 11.3 Å². The van der Waals surface area contributed by atoms with Gasteiger partial charge < -0.3 is 4.74 Å². The maximum Gasteiger partial charge on any atom is 0.0713 e. The predicted octanol–water partition coefficient (Wildman–Crippen LogP) is 2.31. The van der Waals surface area contributed by atoms with E-state index in [0.717, 1.165) is 13.1 Å². The minimum atomic E-state index is 0.708. The molecular formula is C13H18NO. The summed E-state index contributed by atoms with van der Waals surface area (Å²) in [7, 11) is 1.74. The maximum absolute atomic E-state index is 5.15. The molecule has 1 radical (unpaired) electrons. The summed E-state index contributed by atoms with van der Waals surface area (Å²) in [6.07, 6.45) is 2.41. The van der Waals surface area contributed by atoms with Crippen molar-refractivity contribution in [3.05, 3.63) is 35.4 Å². The lowest BCUT2D eigenvalue weighted by Crippen LogP contribution is -2.21. The van der Waals surface area contributed by atoms with Gasteiger partial charge in [-0.3, -0.25) is 0 Å². The molecule has 0 amide bonds. The Morgan fingerprint density at radius 3 is 2.87 bits per heavy atom. The van der Waals surface area contributed by atoms with Crippen LogP contribution in [0.25, 0.3) is 0 Å². The Labute approximate surface area is 91.6 Å². The van der Waals surface area contributed by atoms with Crippen LogP contribution in [0.15, 0.2) is 24.3 Å². The molecule has 2 heteroatoms.